The highest BCUT2D eigenvalue weighted by Crippen LogP contribution is 2.32. The van der Waals surface area contributed by atoms with Crippen LogP contribution in [0, 0.1) is 12.8 Å². The van der Waals surface area contributed by atoms with Gasteiger partial charge in [0, 0.05) is 38.9 Å². The lowest BCUT2D eigenvalue weighted by molar-refractivity contribution is 0.0697. The first-order valence-corrected chi connectivity index (χ1v) is 11.4. The molecule has 0 unspecified atom stereocenters. The minimum absolute atomic E-state index is 0.0440. The molecule has 0 radical (unpaired) electrons. The van der Waals surface area contributed by atoms with Crippen molar-refractivity contribution in [3.8, 4) is 0 Å². The van der Waals surface area contributed by atoms with Crippen molar-refractivity contribution in [2.24, 2.45) is 13.0 Å². The van der Waals surface area contributed by atoms with E-state index in [-0.39, 0.29) is 11.5 Å². The molecular formula is C23H26N4O2S. The fourth-order valence-electron chi connectivity index (χ4n) is 4.78. The highest BCUT2D eigenvalue weighted by atomic mass is 32.1. The lowest BCUT2D eigenvalue weighted by Crippen LogP contribution is -2.41. The SMILES string of the molecule is Cc1c(C(=O)N2CCC(CN3CCc4ccccc43)CC2)sc2ncn(C)c(=O)c12. The van der Waals surface area contributed by atoms with E-state index in [1.54, 1.807) is 7.05 Å². The summed E-state index contributed by atoms with van der Waals surface area (Å²) in [5.41, 5.74) is 3.51. The molecular weight excluding hydrogens is 396 g/mol. The molecule has 7 heteroatoms. The molecule has 0 saturated carbocycles. The standard InChI is InChI=1S/C23H26N4O2S/c1-15-19-21(24-14-25(2)22(19)28)30-20(15)23(29)26-10-7-16(8-11-26)13-27-12-9-17-5-3-4-6-18(17)27/h3-6,14,16H,7-13H2,1-2H3. The molecule has 2 aliphatic heterocycles. The molecule has 1 amide bonds. The minimum atomic E-state index is -0.0857. The van der Waals surface area contributed by atoms with Gasteiger partial charge in [0.1, 0.15) is 4.83 Å². The zero-order valence-corrected chi connectivity index (χ0v) is 18.2. The number of carbonyl (C=O) groups is 1. The van der Waals surface area contributed by atoms with Gasteiger partial charge >= 0.3 is 0 Å². The van der Waals surface area contributed by atoms with E-state index in [0.29, 0.717) is 21.0 Å². The monoisotopic (exact) mass is 422 g/mol. The van der Waals surface area contributed by atoms with Crippen LogP contribution in [0.3, 0.4) is 0 Å². The van der Waals surface area contributed by atoms with Crippen molar-refractivity contribution in [3.05, 3.63) is 57.0 Å². The van der Waals surface area contributed by atoms with Gasteiger partial charge in [-0.1, -0.05) is 18.2 Å². The number of benzene rings is 1. The molecule has 2 aromatic heterocycles. The summed E-state index contributed by atoms with van der Waals surface area (Å²) in [6, 6.07) is 8.69. The van der Waals surface area contributed by atoms with E-state index in [9.17, 15) is 9.59 Å². The van der Waals surface area contributed by atoms with Crippen LogP contribution in [0.2, 0.25) is 0 Å². The van der Waals surface area contributed by atoms with Crippen molar-refractivity contribution in [1.29, 1.82) is 0 Å². The Bertz CT molecular complexity index is 1170. The first kappa shape index (κ1) is 19.3. The Hall–Kier alpha value is -2.67. The summed E-state index contributed by atoms with van der Waals surface area (Å²) in [6.07, 6.45) is 4.70. The van der Waals surface area contributed by atoms with Crippen molar-refractivity contribution >= 4 is 33.1 Å². The molecule has 1 fully saturated rings. The Kier molecular flexibility index (Phi) is 4.85. The van der Waals surface area contributed by atoms with Crippen LogP contribution in [0.15, 0.2) is 35.4 Å². The molecule has 5 rings (SSSR count). The van der Waals surface area contributed by atoms with Crippen LogP contribution in [0.1, 0.15) is 33.6 Å². The third kappa shape index (κ3) is 3.21. The molecule has 6 nitrogen and oxygen atoms in total. The summed E-state index contributed by atoms with van der Waals surface area (Å²) in [5.74, 6) is 0.653. The van der Waals surface area contributed by atoms with Crippen LogP contribution >= 0.6 is 11.3 Å². The van der Waals surface area contributed by atoms with E-state index in [0.717, 1.165) is 51.0 Å². The maximum absolute atomic E-state index is 13.2. The number of nitrogens with zero attached hydrogens (tertiary/aromatic N) is 4. The molecule has 0 atom stereocenters. The van der Waals surface area contributed by atoms with Gasteiger partial charge < -0.3 is 14.4 Å². The summed E-state index contributed by atoms with van der Waals surface area (Å²) < 4.78 is 1.47. The zero-order chi connectivity index (χ0) is 20.8. The van der Waals surface area contributed by atoms with Crippen molar-refractivity contribution in [2.75, 3.05) is 31.1 Å². The number of aromatic nitrogens is 2. The molecule has 0 spiro atoms. The van der Waals surface area contributed by atoms with E-state index in [1.165, 1.54) is 33.5 Å². The highest BCUT2D eigenvalue weighted by Gasteiger charge is 2.29. The molecule has 1 saturated heterocycles. The number of piperidine rings is 1. The van der Waals surface area contributed by atoms with E-state index in [2.05, 4.69) is 34.1 Å². The third-order valence-corrected chi connectivity index (χ3v) is 7.76. The van der Waals surface area contributed by atoms with Crippen molar-refractivity contribution < 1.29 is 4.79 Å². The lowest BCUT2D eigenvalue weighted by atomic mass is 9.96. The van der Waals surface area contributed by atoms with Crippen LogP contribution in [0.4, 0.5) is 5.69 Å². The number of hydrogen-bond donors (Lipinski definition) is 0. The molecule has 156 valence electrons. The number of amides is 1. The number of para-hydroxylation sites is 1. The van der Waals surface area contributed by atoms with Gasteiger partial charge in [0.15, 0.2) is 0 Å². The van der Waals surface area contributed by atoms with E-state index in [1.807, 2.05) is 11.8 Å². The van der Waals surface area contributed by atoms with Gasteiger partial charge in [0.05, 0.1) is 16.6 Å². The summed E-state index contributed by atoms with van der Waals surface area (Å²) in [7, 11) is 1.69. The second-order valence-corrected chi connectivity index (χ2v) is 9.46. The van der Waals surface area contributed by atoms with Gasteiger partial charge in [0.25, 0.3) is 11.5 Å². The third-order valence-electron chi connectivity index (χ3n) is 6.57. The fourth-order valence-corrected chi connectivity index (χ4v) is 5.89. The predicted molar refractivity (Wildman–Crippen MR) is 121 cm³/mol. The zero-order valence-electron chi connectivity index (χ0n) is 17.4. The average Bonchev–Trinajstić information content (AvgIpc) is 3.32. The van der Waals surface area contributed by atoms with Crippen LogP contribution in [0.25, 0.3) is 10.2 Å². The van der Waals surface area contributed by atoms with Gasteiger partial charge in [-0.15, -0.1) is 11.3 Å². The summed E-state index contributed by atoms with van der Waals surface area (Å²) in [4.78, 5) is 35.8. The molecule has 0 bridgehead atoms. The number of anilines is 1. The highest BCUT2D eigenvalue weighted by molar-refractivity contribution is 7.20. The second kappa shape index (κ2) is 7.54. The Morgan fingerprint density at radius 3 is 2.77 bits per heavy atom. The molecule has 2 aliphatic rings. The molecule has 1 aromatic carbocycles. The predicted octanol–water partition coefficient (Wildman–Crippen LogP) is 3.22. The van der Waals surface area contributed by atoms with E-state index < -0.39 is 0 Å². The first-order valence-electron chi connectivity index (χ1n) is 10.6. The lowest BCUT2D eigenvalue weighted by Gasteiger charge is -2.34. The van der Waals surface area contributed by atoms with Crippen LogP contribution < -0.4 is 10.5 Å². The van der Waals surface area contributed by atoms with Crippen LogP contribution in [-0.4, -0.2) is 46.5 Å². The Morgan fingerprint density at radius 2 is 1.97 bits per heavy atom. The number of likely N-dealkylation sites (tertiary alicyclic amines) is 1. The largest absolute Gasteiger partial charge is 0.371 e. The fraction of sp³-hybridized carbons (Fsp3) is 0.435. The normalized spacial score (nSPS) is 17.0. The van der Waals surface area contributed by atoms with E-state index in [4.69, 9.17) is 0 Å². The summed E-state index contributed by atoms with van der Waals surface area (Å²) in [5, 5.41) is 0.580. The Labute approximate surface area is 179 Å². The number of carbonyl (C=O) groups excluding carboxylic acids is 1. The van der Waals surface area contributed by atoms with Crippen molar-refractivity contribution in [2.45, 2.75) is 26.2 Å². The van der Waals surface area contributed by atoms with Gasteiger partial charge in [-0.05, 0) is 49.3 Å². The number of fused-ring (bicyclic) bond motifs is 2. The topological polar surface area (TPSA) is 58.4 Å². The molecule has 30 heavy (non-hydrogen) atoms. The summed E-state index contributed by atoms with van der Waals surface area (Å²) >= 11 is 1.34. The molecule has 0 aliphatic carbocycles. The number of hydrogen-bond acceptors (Lipinski definition) is 5. The summed E-state index contributed by atoms with van der Waals surface area (Å²) in [6.45, 7) is 5.59. The molecule has 4 heterocycles. The average molecular weight is 423 g/mol. The first-order chi connectivity index (χ1) is 14.5. The number of rotatable bonds is 3. The second-order valence-electron chi connectivity index (χ2n) is 8.46. The minimum Gasteiger partial charge on any atom is -0.371 e. The van der Waals surface area contributed by atoms with Gasteiger partial charge in [0.2, 0.25) is 0 Å². The molecule has 0 N–H and O–H groups in total. The van der Waals surface area contributed by atoms with Gasteiger partial charge in [-0.2, -0.15) is 0 Å². The van der Waals surface area contributed by atoms with Crippen LogP contribution in [0.5, 0.6) is 0 Å². The maximum Gasteiger partial charge on any atom is 0.264 e. The van der Waals surface area contributed by atoms with Crippen LogP contribution in [-0.2, 0) is 13.5 Å². The quantitative estimate of drug-likeness (QED) is 0.650. The number of thiophene rings is 1. The number of aryl methyl sites for hydroxylation is 2. The van der Waals surface area contributed by atoms with Gasteiger partial charge in [-0.3, -0.25) is 9.59 Å². The Balaban J connectivity index is 1.27. The van der Waals surface area contributed by atoms with Gasteiger partial charge in [-0.25, -0.2) is 4.98 Å². The van der Waals surface area contributed by atoms with Crippen molar-refractivity contribution in [3.63, 3.8) is 0 Å². The maximum atomic E-state index is 13.2. The Morgan fingerprint density at radius 1 is 1.20 bits per heavy atom. The van der Waals surface area contributed by atoms with E-state index >= 15 is 0 Å². The smallest absolute Gasteiger partial charge is 0.264 e. The molecule has 3 aromatic rings. The van der Waals surface area contributed by atoms with Crippen molar-refractivity contribution in [1.82, 2.24) is 14.5 Å².